The van der Waals surface area contributed by atoms with Crippen molar-refractivity contribution in [2.75, 3.05) is 0 Å². The van der Waals surface area contributed by atoms with Crippen molar-refractivity contribution in [3.05, 3.63) is 94.5 Å². The first-order chi connectivity index (χ1) is 12.8. The van der Waals surface area contributed by atoms with Crippen LogP contribution < -0.4 is 0 Å². The minimum atomic E-state index is -4.64. The zero-order valence-electron chi connectivity index (χ0n) is 14.3. The lowest BCUT2D eigenvalue weighted by Crippen LogP contribution is -2.44. The van der Waals surface area contributed by atoms with Gasteiger partial charge in [-0.2, -0.15) is 13.2 Å². The Hall–Kier alpha value is -2.95. The maximum absolute atomic E-state index is 14.8. The fourth-order valence-corrected chi connectivity index (χ4v) is 3.84. The highest BCUT2D eigenvalue weighted by Crippen LogP contribution is 2.52. The van der Waals surface area contributed by atoms with Crippen LogP contribution in [0.4, 0.5) is 13.2 Å². The predicted molar refractivity (Wildman–Crippen MR) is 96.0 cm³/mol. The molecule has 2 N–H and O–H groups in total. The molecule has 1 aliphatic carbocycles. The number of phenolic OH excluding ortho intramolecular Hbond substituents is 2. The molecule has 0 aromatic heterocycles. The van der Waals surface area contributed by atoms with E-state index >= 15 is 0 Å². The molecule has 0 atom stereocenters. The van der Waals surface area contributed by atoms with E-state index in [4.69, 9.17) is 0 Å². The standard InChI is InChI=1S/C22H17F3O2/c23-22(24,25)21(16-5-9-19(26)10-6-16,17-7-11-20(27)12-8-17)18-4-3-14-1-2-15(14)13-18/h3-13,26-27H,1-2H2. The number of rotatable bonds is 3. The van der Waals surface area contributed by atoms with Gasteiger partial charge in [-0.15, -0.1) is 0 Å². The Balaban J connectivity index is 2.06. The zero-order chi connectivity index (χ0) is 19.2. The van der Waals surface area contributed by atoms with Gasteiger partial charge in [0.15, 0.2) is 0 Å². The quantitative estimate of drug-likeness (QED) is 0.630. The van der Waals surface area contributed by atoms with Crippen LogP contribution in [0.3, 0.4) is 0 Å². The monoisotopic (exact) mass is 370 g/mol. The molecule has 0 radical (unpaired) electrons. The summed E-state index contributed by atoms with van der Waals surface area (Å²) in [4.78, 5) is 0. The van der Waals surface area contributed by atoms with Crippen molar-refractivity contribution in [3.8, 4) is 11.5 Å². The smallest absolute Gasteiger partial charge is 0.406 e. The van der Waals surface area contributed by atoms with Gasteiger partial charge in [-0.05, 0) is 64.9 Å². The Kier molecular flexibility index (Phi) is 3.91. The van der Waals surface area contributed by atoms with E-state index in [0.29, 0.717) is 0 Å². The SMILES string of the molecule is Oc1ccc(C(c2ccc(O)cc2)(c2ccc3c(c2)CC3)C(F)(F)F)cc1. The second kappa shape index (κ2) is 6.05. The number of phenols is 2. The topological polar surface area (TPSA) is 40.5 Å². The van der Waals surface area contributed by atoms with Crippen LogP contribution in [0, 0.1) is 0 Å². The van der Waals surface area contributed by atoms with Crippen molar-refractivity contribution in [1.82, 2.24) is 0 Å². The Morgan fingerprint density at radius 3 is 1.41 bits per heavy atom. The van der Waals surface area contributed by atoms with Crippen LogP contribution in [-0.4, -0.2) is 16.4 Å². The molecule has 0 aliphatic heterocycles. The van der Waals surface area contributed by atoms with Crippen LogP contribution >= 0.6 is 0 Å². The minimum Gasteiger partial charge on any atom is -0.508 e. The molecule has 0 heterocycles. The summed E-state index contributed by atoms with van der Waals surface area (Å²) < 4.78 is 44.3. The molecule has 0 amide bonds. The summed E-state index contributed by atoms with van der Waals surface area (Å²) >= 11 is 0. The summed E-state index contributed by atoms with van der Waals surface area (Å²) in [5.41, 5.74) is -0.246. The molecule has 3 aromatic rings. The molecule has 0 saturated heterocycles. The summed E-state index contributed by atoms with van der Waals surface area (Å²) in [7, 11) is 0. The molecule has 3 aromatic carbocycles. The molecule has 2 nitrogen and oxygen atoms in total. The number of aromatic hydroxyl groups is 2. The number of halogens is 3. The molecule has 1 aliphatic rings. The third kappa shape index (κ3) is 2.65. The van der Waals surface area contributed by atoms with E-state index in [1.165, 1.54) is 54.6 Å². The van der Waals surface area contributed by atoms with Crippen molar-refractivity contribution >= 4 is 0 Å². The highest BCUT2D eigenvalue weighted by Gasteiger charge is 2.58. The van der Waals surface area contributed by atoms with E-state index in [1.807, 2.05) is 0 Å². The summed E-state index contributed by atoms with van der Waals surface area (Å²) in [6, 6.07) is 15.2. The molecule has 138 valence electrons. The number of hydrogen-bond donors (Lipinski definition) is 2. The molecule has 0 unspecified atom stereocenters. The lowest BCUT2D eigenvalue weighted by atomic mass is 9.67. The van der Waals surface area contributed by atoms with Gasteiger partial charge < -0.3 is 10.2 Å². The lowest BCUT2D eigenvalue weighted by Gasteiger charge is -2.38. The van der Waals surface area contributed by atoms with E-state index in [2.05, 4.69) is 0 Å². The first-order valence-electron chi connectivity index (χ1n) is 8.60. The minimum absolute atomic E-state index is 0.0118. The third-order valence-corrected chi connectivity index (χ3v) is 5.33. The highest BCUT2D eigenvalue weighted by molar-refractivity contribution is 5.56. The normalized spacial score (nSPS) is 13.7. The molecule has 0 bridgehead atoms. The molecule has 27 heavy (non-hydrogen) atoms. The van der Waals surface area contributed by atoms with E-state index in [1.54, 1.807) is 12.1 Å². The van der Waals surface area contributed by atoms with Crippen LogP contribution in [0.1, 0.15) is 27.8 Å². The number of benzene rings is 3. The first-order valence-corrected chi connectivity index (χ1v) is 8.60. The summed E-state index contributed by atoms with van der Waals surface area (Å²) in [6.07, 6.45) is -2.99. The van der Waals surface area contributed by atoms with Crippen LogP contribution in [0.5, 0.6) is 11.5 Å². The van der Waals surface area contributed by atoms with Gasteiger partial charge in [0.05, 0.1) is 0 Å². The molecule has 4 rings (SSSR count). The molecular weight excluding hydrogens is 353 g/mol. The van der Waals surface area contributed by atoms with Gasteiger partial charge in [0.2, 0.25) is 0 Å². The number of aryl methyl sites for hydroxylation is 2. The van der Waals surface area contributed by atoms with Crippen molar-refractivity contribution in [1.29, 1.82) is 0 Å². The van der Waals surface area contributed by atoms with E-state index in [0.717, 1.165) is 24.0 Å². The Bertz CT molecular complexity index is 928. The van der Waals surface area contributed by atoms with E-state index in [-0.39, 0.29) is 28.2 Å². The van der Waals surface area contributed by atoms with Gasteiger partial charge in [0.25, 0.3) is 0 Å². The lowest BCUT2D eigenvalue weighted by molar-refractivity contribution is -0.166. The summed E-state index contributed by atoms with van der Waals surface area (Å²) in [5, 5.41) is 19.2. The van der Waals surface area contributed by atoms with Gasteiger partial charge in [-0.25, -0.2) is 0 Å². The second-order valence-electron chi connectivity index (χ2n) is 6.82. The van der Waals surface area contributed by atoms with Gasteiger partial charge >= 0.3 is 6.18 Å². The van der Waals surface area contributed by atoms with Crippen LogP contribution in [0.25, 0.3) is 0 Å². The number of hydrogen-bond acceptors (Lipinski definition) is 2. The maximum atomic E-state index is 14.8. The molecule has 0 saturated carbocycles. The van der Waals surface area contributed by atoms with E-state index < -0.39 is 11.6 Å². The van der Waals surface area contributed by atoms with Crippen LogP contribution in [0.15, 0.2) is 66.7 Å². The number of fused-ring (bicyclic) bond motifs is 1. The van der Waals surface area contributed by atoms with Gasteiger partial charge in [0.1, 0.15) is 16.9 Å². The zero-order valence-corrected chi connectivity index (χ0v) is 14.3. The number of alkyl halides is 3. The molecule has 0 fully saturated rings. The third-order valence-electron chi connectivity index (χ3n) is 5.33. The Morgan fingerprint density at radius 1 is 0.593 bits per heavy atom. The van der Waals surface area contributed by atoms with Crippen molar-refractivity contribution in [3.63, 3.8) is 0 Å². The Morgan fingerprint density at radius 2 is 1.04 bits per heavy atom. The fraction of sp³-hybridized carbons (Fsp3) is 0.182. The summed E-state index contributed by atoms with van der Waals surface area (Å²) in [5.74, 6) is -0.199. The average molecular weight is 370 g/mol. The van der Waals surface area contributed by atoms with E-state index in [9.17, 15) is 23.4 Å². The molecule has 5 heteroatoms. The molecular formula is C22H17F3O2. The van der Waals surface area contributed by atoms with Crippen LogP contribution in [-0.2, 0) is 18.3 Å². The first kappa shape index (κ1) is 17.5. The maximum Gasteiger partial charge on any atom is 0.406 e. The van der Waals surface area contributed by atoms with Crippen molar-refractivity contribution < 1.29 is 23.4 Å². The Labute approximate surface area is 154 Å². The molecule has 0 spiro atoms. The van der Waals surface area contributed by atoms with Gasteiger partial charge in [0, 0.05) is 0 Å². The predicted octanol–water partition coefficient (Wildman–Crippen LogP) is 5.09. The van der Waals surface area contributed by atoms with Crippen LogP contribution in [0.2, 0.25) is 0 Å². The highest BCUT2D eigenvalue weighted by atomic mass is 19.4. The second-order valence-corrected chi connectivity index (χ2v) is 6.82. The average Bonchev–Trinajstić information content (AvgIpc) is 2.59. The van der Waals surface area contributed by atoms with Crippen molar-refractivity contribution in [2.45, 2.75) is 24.4 Å². The fourth-order valence-electron chi connectivity index (χ4n) is 3.84. The summed E-state index contributed by atoms with van der Waals surface area (Å²) in [6.45, 7) is 0. The van der Waals surface area contributed by atoms with Crippen molar-refractivity contribution in [2.24, 2.45) is 0 Å². The van der Waals surface area contributed by atoms with Gasteiger partial charge in [-0.1, -0.05) is 42.5 Å². The largest absolute Gasteiger partial charge is 0.508 e. The van der Waals surface area contributed by atoms with Gasteiger partial charge in [-0.3, -0.25) is 0 Å².